The first-order valence-electron chi connectivity index (χ1n) is 10.8. The highest BCUT2D eigenvalue weighted by Gasteiger charge is 2.16. The monoisotopic (exact) mass is 433 g/mol. The van der Waals surface area contributed by atoms with Crippen LogP contribution in [0, 0.1) is 0 Å². The Morgan fingerprint density at radius 3 is 2.87 bits per heavy atom. The number of hydrogen-bond acceptors (Lipinski definition) is 5. The van der Waals surface area contributed by atoms with E-state index >= 15 is 0 Å². The van der Waals surface area contributed by atoms with Gasteiger partial charge in [-0.2, -0.15) is 0 Å². The van der Waals surface area contributed by atoms with Gasteiger partial charge in [0.15, 0.2) is 0 Å². The van der Waals surface area contributed by atoms with Crippen molar-refractivity contribution in [3.8, 4) is 17.0 Å². The Morgan fingerprint density at radius 2 is 2.03 bits per heavy atom. The van der Waals surface area contributed by atoms with Crippen LogP contribution in [-0.2, 0) is 11.2 Å². The molecule has 6 heteroatoms. The number of carbonyl (C=O) groups is 1. The van der Waals surface area contributed by atoms with Gasteiger partial charge in [0.05, 0.1) is 16.8 Å². The highest BCUT2D eigenvalue weighted by Crippen LogP contribution is 2.25. The van der Waals surface area contributed by atoms with Crippen LogP contribution >= 0.6 is 11.3 Å². The zero-order valence-corrected chi connectivity index (χ0v) is 18.3. The minimum absolute atomic E-state index is 0.0845. The Balaban J connectivity index is 1.19. The first-order valence-corrected chi connectivity index (χ1v) is 11.7. The van der Waals surface area contributed by atoms with Crippen molar-refractivity contribution < 1.29 is 9.53 Å². The van der Waals surface area contributed by atoms with E-state index in [0.29, 0.717) is 12.6 Å². The fourth-order valence-electron chi connectivity index (χ4n) is 3.65. The topological polar surface area (TPSA) is 64.1 Å². The van der Waals surface area contributed by atoms with Crippen molar-refractivity contribution in [3.05, 3.63) is 70.8 Å². The number of amides is 1. The van der Waals surface area contributed by atoms with Gasteiger partial charge in [0.1, 0.15) is 5.75 Å². The molecule has 0 radical (unpaired) electrons. The highest BCUT2D eigenvalue weighted by molar-refractivity contribution is 7.09. The molecule has 0 atom stereocenters. The van der Waals surface area contributed by atoms with Crippen LogP contribution in [0.4, 0.5) is 0 Å². The van der Waals surface area contributed by atoms with E-state index in [1.165, 1.54) is 12.8 Å². The van der Waals surface area contributed by atoms with Crippen molar-refractivity contribution in [2.45, 2.75) is 44.6 Å². The lowest BCUT2D eigenvalue weighted by atomic mass is 10.2. The van der Waals surface area contributed by atoms with Gasteiger partial charge in [-0.25, -0.2) is 4.98 Å². The first kappa shape index (κ1) is 21.2. The summed E-state index contributed by atoms with van der Waals surface area (Å²) in [6.07, 6.45) is 13.8. The summed E-state index contributed by atoms with van der Waals surface area (Å²) in [5.74, 6) is 0.794. The van der Waals surface area contributed by atoms with Crippen LogP contribution in [-0.4, -0.2) is 28.5 Å². The van der Waals surface area contributed by atoms with Crippen molar-refractivity contribution in [2.75, 3.05) is 6.54 Å². The van der Waals surface area contributed by atoms with E-state index in [2.05, 4.69) is 20.7 Å². The SMILES string of the molecule is O=C(/C=C/c1cccc(OC2CCCC2)c1)NCCCc1nc(-c2ccncc2)cs1. The molecule has 0 bridgehead atoms. The molecular formula is C25H27N3O2S. The van der Waals surface area contributed by atoms with Crippen LogP contribution < -0.4 is 10.1 Å². The molecule has 0 unspecified atom stereocenters. The summed E-state index contributed by atoms with van der Waals surface area (Å²) in [4.78, 5) is 20.8. The van der Waals surface area contributed by atoms with E-state index in [4.69, 9.17) is 4.74 Å². The van der Waals surface area contributed by atoms with Gasteiger partial charge in [-0.3, -0.25) is 9.78 Å². The molecule has 1 aliphatic carbocycles. The van der Waals surface area contributed by atoms with Gasteiger partial charge in [-0.15, -0.1) is 11.3 Å². The summed E-state index contributed by atoms with van der Waals surface area (Å²) >= 11 is 1.65. The van der Waals surface area contributed by atoms with Crippen LogP contribution in [0.2, 0.25) is 0 Å². The lowest BCUT2D eigenvalue weighted by molar-refractivity contribution is -0.116. The molecule has 0 saturated heterocycles. The number of aryl methyl sites for hydroxylation is 1. The zero-order chi connectivity index (χ0) is 21.3. The van der Waals surface area contributed by atoms with Crippen LogP contribution in [0.25, 0.3) is 17.3 Å². The fraction of sp³-hybridized carbons (Fsp3) is 0.320. The fourth-order valence-corrected chi connectivity index (χ4v) is 4.50. The third-order valence-corrected chi connectivity index (χ3v) is 6.19. The van der Waals surface area contributed by atoms with Crippen LogP contribution in [0.1, 0.15) is 42.7 Å². The molecule has 1 amide bonds. The summed E-state index contributed by atoms with van der Waals surface area (Å²) in [5.41, 5.74) is 3.03. The summed E-state index contributed by atoms with van der Waals surface area (Å²) in [7, 11) is 0. The number of carbonyl (C=O) groups excluding carboxylic acids is 1. The number of nitrogens with one attached hydrogen (secondary N) is 1. The van der Waals surface area contributed by atoms with Crippen molar-refractivity contribution in [3.63, 3.8) is 0 Å². The van der Waals surface area contributed by atoms with Crippen LogP contribution in [0.15, 0.2) is 60.2 Å². The number of benzene rings is 1. The van der Waals surface area contributed by atoms with Gasteiger partial charge in [0.25, 0.3) is 0 Å². The highest BCUT2D eigenvalue weighted by atomic mass is 32.1. The molecule has 1 saturated carbocycles. The van der Waals surface area contributed by atoms with Crippen molar-refractivity contribution >= 4 is 23.3 Å². The van der Waals surface area contributed by atoms with Gasteiger partial charge >= 0.3 is 0 Å². The Kier molecular flexibility index (Phi) is 7.45. The molecule has 160 valence electrons. The van der Waals surface area contributed by atoms with E-state index in [1.54, 1.807) is 29.8 Å². The molecule has 1 fully saturated rings. The smallest absolute Gasteiger partial charge is 0.243 e. The van der Waals surface area contributed by atoms with E-state index < -0.39 is 0 Å². The van der Waals surface area contributed by atoms with Crippen LogP contribution in [0.5, 0.6) is 5.75 Å². The summed E-state index contributed by atoms with van der Waals surface area (Å²) in [6, 6.07) is 11.8. The normalized spacial score (nSPS) is 14.2. The van der Waals surface area contributed by atoms with Gasteiger partial charge in [0, 0.05) is 42.4 Å². The van der Waals surface area contributed by atoms with E-state index in [1.807, 2.05) is 42.5 Å². The Morgan fingerprint density at radius 1 is 1.19 bits per heavy atom. The molecular weight excluding hydrogens is 406 g/mol. The Bertz CT molecular complexity index is 1010. The predicted octanol–water partition coefficient (Wildman–Crippen LogP) is 5.29. The summed E-state index contributed by atoms with van der Waals surface area (Å²) < 4.78 is 6.03. The lowest BCUT2D eigenvalue weighted by Gasteiger charge is -2.13. The number of pyridine rings is 1. The second-order valence-electron chi connectivity index (χ2n) is 7.69. The molecule has 4 rings (SSSR count). The van der Waals surface area contributed by atoms with Crippen molar-refractivity contribution in [1.29, 1.82) is 0 Å². The maximum atomic E-state index is 12.1. The minimum Gasteiger partial charge on any atom is -0.490 e. The van der Waals surface area contributed by atoms with Gasteiger partial charge in [0.2, 0.25) is 5.91 Å². The quantitative estimate of drug-likeness (QED) is 0.368. The molecule has 0 spiro atoms. The number of nitrogens with zero attached hydrogens (tertiary/aromatic N) is 2. The van der Waals surface area contributed by atoms with Gasteiger partial charge in [-0.05, 0) is 68.0 Å². The van der Waals surface area contributed by atoms with E-state index in [9.17, 15) is 4.79 Å². The maximum absolute atomic E-state index is 12.1. The third-order valence-electron chi connectivity index (χ3n) is 5.28. The van der Waals surface area contributed by atoms with Crippen LogP contribution in [0.3, 0.4) is 0 Å². The minimum atomic E-state index is -0.0845. The first-order chi connectivity index (χ1) is 15.3. The molecule has 1 aliphatic rings. The average Bonchev–Trinajstić information content (AvgIpc) is 3.49. The van der Waals surface area contributed by atoms with Crippen molar-refractivity contribution in [2.24, 2.45) is 0 Å². The van der Waals surface area contributed by atoms with Gasteiger partial charge in [-0.1, -0.05) is 12.1 Å². The molecule has 3 aromatic rings. The van der Waals surface area contributed by atoms with E-state index in [-0.39, 0.29) is 5.91 Å². The second-order valence-corrected chi connectivity index (χ2v) is 8.63. The Hall–Kier alpha value is -2.99. The molecule has 1 N–H and O–H groups in total. The second kappa shape index (κ2) is 10.9. The lowest BCUT2D eigenvalue weighted by Crippen LogP contribution is -2.22. The average molecular weight is 434 g/mol. The number of ether oxygens (including phenoxy) is 1. The third kappa shape index (κ3) is 6.49. The van der Waals surface area contributed by atoms with E-state index in [0.717, 1.165) is 53.3 Å². The standard InChI is InChI=1S/C25H27N3O2S/c29-24(11-10-19-5-3-8-22(17-19)30-21-6-1-2-7-21)27-14-4-9-25-28-23(18-31-25)20-12-15-26-16-13-20/h3,5,8,10-13,15-18,21H,1-2,4,6-7,9,14H2,(H,27,29)/b11-10+. The molecule has 5 nitrogen and oxygen atoms in total. The summed E-state index contributed by atoms with van der Waals surface area (Å²) in [5, 5.41) is 6.09. The molecule has 31 heavy (non-hydrogen) atoms. The van der Waals surface area contributed by atoms with Gasteiger partial charge < -0.3 is 10.1 Å². The molecule has 2 aromatic heterocycles. The number of aromatic nitrogens is 2. The Labute approximate surface area is 187 Å². The molecule has 1 aromatic carbocycles. The maximum Gasteiger partial charge on any atom is 0.243 e. The number of thiazole rings is 1. The van der Waals surface area contributed by atoms with Crippen molar-refractivity contribution in [1.82, 2.24) is 15.3 Å². The summed E-state index contributed by atoms with van der Waals surface area (Å²) in [6.45, 7) is 0.623. The molecule has 0 aliphatic heterocycles. The molecule has 2 heterocycles. The number of rotatable bonds is 9. The number of hydrogen-bond donors (Lipinski definition) is 1. The zero-order valence-electron chi connectivity index (χ0n) is 17.5. The predicted molar refractivity (Wildman–Crippen MR) is 125 cm³/mol. The largest absolute Gasteiger partial charge is 0.490 e.